The minimum atomic E-state index is -0.292. The Balaban J connectivity index is 1.26. The first-order valence-electron chi connectivity index (χ1n) is 13.1. The first-order valence-corrected chi connectivity index (χ1v) is 13.1. The standard InChI is InChI=1S/C27H42O3/c1-16-7-12-27(29-15-16)17(2)24-23(30-27)14-22-20-6-5-18-13-19(28)8-10-25(18,3)21(20)9-11-26(22,24)4/h16-18,20-24H,5-15H2,1-4H3/t16?,17-,18-,20+,21-,22-,23-,24-,25-,26-,27+/m0/s1. The molecule has 3 heteroatoms. The summed E-state index contributed by atoms with van der Waals surface area (Å²) in [6.45, 7) is 10.8. The lowest BCUT2D eigenvalue weighted by Gasteiger charge is -2.60. The van der Waals surface area contributed by atoms with Crippen molar-refractivity contribution in [3.05, 3.63) is 0 Å². The maximum atomic E-state index is 12.2. The van der Waals surface area contributed by atoms with Gasteiger partial charge in [0.25, 0.3) is 0 Å². The normalized spacial score (nSPS) is 60.1. The molecule has 1 unspecified atom stereocenters. The van der Waals surface area contributed by atoms with Crippen LogP contribution >= 0.6 is 0 Å². The Kier molecular flexibility index (Phi) is 4.42. The molecule has 2 aliphatic heterocycles. The summed E-state index contributed by atoms with van der Waals surface area (Å²) in [5.41, 5.74) is 0.820. The first-order chi connectivity index (χ1) is 14.3. The van der Waals surface area contributed by atoms with Crippen LogP contribution in [0.5, 0.6) is 0 Å². The van der Waals surface area contributed by atoms with Crippen molar-refractivity contribution < 1.29 is 14.3 Å². The molecule has 30 heavy (non-hydrogen) atoms. The minimum absolute atomic E-state index is 0.292. The van der Waals surface area contributed by atoms with E-state index in [1.54, 1.807) is 0 Å². The Morgan fingerprint density at radius 3 is 2.53 bits per heavy atom. The highest BCUT2D eigenvalue weighted by molar-refractivity contribution is 5.79. The molecule has 0 aromatic rings. The summed E-state index contributed by atoms with van der Waals surface area (Å²) < 4.78 is 13.4. The molecular formula is C27H42O3. The fourth-order valence-corrected chi connectivity index (χ4v) is 10.1. The molecule has 6 rings (SSSR count). The van der Waals surface area contributed by atoms with Gasteiger partial charge in [-0.3, -0.25) is 4.79 Å². The van der Waals surface area contributed by atoms with Crippen LogP contribution in [0.2, 0.25) is 0 Å². The van der Waals surface area contributed by atoms with Crippen LogP contribution in [-0.2, 0) is 14.3 Å². The van der Waals surface area contributed by atoms with Crippen LogP contribution in [0.3, 0.4) is 0 Å². The van der Waals surface area contributed by atoms with Crippen LogP contribution in [-0.4, -0.2) is 24.3 Å². The van der Waals surface area contributed by atoms with Gasteiger partial charge in [-0.2, -0.15) is 0 Å². The monoisotopic (exact) mass is 414 g/mol. The van der Waals surface area contributed by atoms with Crippen LogP contribution < -0.4 is 0 Å². The fourth-order valence-electron chi connectivity index (χ4n) is 10.1. The molecule has 11 atom stereocenters. The lowest BCUT2D eigenvalue weighted by molar-refractivity contribution is -0.273. The number of ketones is 1. The summed E-state index contributed by atoms with van der Waals surface area (Å²) >= 11 is 0. The van der Waals surface area contributed by atoms with Crippen LogP contribution in [0.15, 0.2) is 0 Å². The molecular weight excluding hydrogens is 372 g/mol. The van der Waals surface area contributed by atoms with E-state index in [1.807, 2.05) is 0 Å². The van der Waals surface area contributed by atoms with Gasteiger partial charge in [-0.15, -0.1) is 0 Å². The highest BCUT2D eigenvalue weighted by atomic mass is 16.7. The lowest BCUT2D eigenvalue weighted by atomic mass is 9.44. The average molecular weight is 415 g/mol. The van der Waals surface area contributed by atoms with E-state index < -0.39 is 0 Å². The van der Waals surface area contributed by atoms with Crippen LogP contribution in [0.4, 0.5) is 0 Å². The summed E-state index contributed by atoms with van der Waals surface area (Å²) in [5.74, 6) is 5.23. The Bertz CT molecular complexity index is 724. The van der Waals surface area contributed by atoms with Gasteiger partial charge in [-0.25, -0.2) is 0 Å². The van der Waals surface area contributed by atoms with Gasteiger partial charge in [-0.1, -0.05) is 27.7 Å². The van der Waals surface area contributed by atoms with Gasteiger partial charge in [0, 0.05) is 25.2 Å². The maximum absolute atomic E-state index is 12.2. The Morgan fingerprint density at radius 2 is 1.77 bits per heavy atom. The number of rotatable bonds is 0. The van der Waals surface area contributed by atoms with E-state index in [9.17, 15) is 4.79 Å². The number of hydrogen-bond donors (Lipinski definition) is 0. The van der Waals surface area contributed by atoms with Crippen molar-refractivity contribution in [2.45, 2.75) is 104 Å². The zero-order valence-corrected chi connectivity index (χ0v) is 19.6. The van der Waals surface area contributed by atoms with E-state index in [0.29, 0.717) is 46.4 Å². The van der Waals surface area contributed by atoms with Crippen molar-refractivity contribution >= 4 is 5.78 Å². The second kappa shape index (κ2) is 6.56. The maximum Gasteiger partial charge on any atom is 0.171 e. The minimum Gasteiger partial charge on any atom is -0.349 e. The number of Topliss-reactive ketones (excluding diaryl/α,β-unsaturated/α-hetero) is 1. The van der Waals surface area contributed by atoms with Gasteiger partial charge >= 0.3 is 0 Å². The first kappa shape index (κ1) is 20.2. The van der Waals surface area contributed by atoms with Crippen LogP contribution in [0, 0.1) is 52.3 Å². The Morgan fingerprint density at radius 1 is 0.933 bits per heavy atom. The van der Waals surface area contributed by atoms with E-state index >= 15 is 0 Å². The van der Waals surface area contributed by atoms with Crippen molar-refractivity contribution in [2.24, 2.45) is 52.3 Å². The summed E-state index contributed by atoms with van der Waals surface area (Å²) in [6.07, 6.45) is 12.2. The molecule has 2 heterocycles. The van der Waals surface area contributed by atoms with Crippen molar-refractivity contribution in [3.8, 4) is 0 Å². The van der Waals surface area contributed by atoms with E-state index in [-0.39, 0.29) is 5.79 Å². The van der Waals surface area contributed by atoms with Crippen LogP contribution in [0.1, 0.15) is 91.9 Å². The fraction of sp³-hybridized carbons (Fsp3) is 0.963. The number of carbonyl (C=O) groups excluding carboxylic acids is 1. The van der Waals surface area contributed by atoms with Gasteiger partial charge in [0.1, 0.15) is 5.78 Å². The van der Waals surface area contributed by atoms with Crippen LogP contribution in [0.25, 0.3) is 0 Å². The topological polar surface area (TPSA) is 35.5 Å². The predicted molar refractivity (Wildman–Crippen MR) is 117 cm³/mol. The zero-order chi connectivity index (χ0) is 20.9. The summed E-state index contributed by atoms with van der Waals surface area (Å²) in [5, 5.41) is 0. The molecule has 6 aliphatic rings. The van der Waals surface area contributed by atoms with E-state index in [2.05, 4.69) is 27.7 Å². The molecule has 0 radical (unpaired) electrons. The van der Waals surface area contributed by atoms with Crippen molar-refractivity contribution in [1.29, 1.82) is 0 Å². The van der Waals surface area contributed by atoms with Gasteiger partial charge in [0.15, 0.2) is 5.79 Å². The molecule has 0 aromatic heterocycles. The number of ether oxygens (including phenoxy) is 2. The number of hydrogen-bond acceptors (Lipinski definition) is 3. The molecule has 0 N–H and O–H groups in total. The highest BCUT2D eigenvalue weighted by Gasteiger charge is 2.69. The van der Waals surface area contributed by atoms with Gasteiger partial charge in [0.2, 0.25) is 0 Å². The summed E-state index contributed by atoms with van der Waals surface area (Å²) in [6, 6.07) is 0. The van der Waals surface area contributed by atoms with Crippen molar-refractivity contribution in [3.63, 3.8) is 0 Å². The SMILES string of the molecule is CC1CC[C@@]2(OC1)O[C@H]1C[C@H]3[C@@H]4CC[C@H]5CC(=O)CC[C@]5(C)[C@H]4CC[C@]3(C)[C@H]1[C@@H]2C. The second-order valence-electron chi connectivity index (χ2n) is 12.9. The predicted octanol–water partition coefficient (Wildman–Crippen LogP) is 6.00. The number of fused-ring (bicyclic) bond motifs is 7. The largest absolute Gasteiger partial charge is 0.349 e. The van der Waals surface area contributed by atoms with E-state index in [0.717, 1.165) is 50.0 Å². The molecule has 0 amide bonds. The number of carbonyl (C=O) groups is 1. The molecule has 4 saturated carbocycles. The summed E-state index contributed by atoms with van der Waals surface area (Å²) in [4.78, 5) is 12.2. The Labute approximate surface area is 183 Å². The van der Waals surface area contributed by atoms with Crippen molar-refractivity contribution in [2.75, 3.05) is 6.61 Å². The molecule has 2 saturated heterocycles. The Hall–Kier alpha value is -0.410. The molecule has 6 fully saturated rings. The quantitative estimate of drug-likeness (QED) is 0.487. The van der Waals surface area contributed by atoms with E-state index in [1.165, 1.54) is 38.5 Å². The molecule has 3 nitrogen and oxygen atoms in total. The third-order valence-corrected chi connectivity index (χ3v) is 11.7. The molecule has 168 valence electrons. The molecule has 1 spiro atoms. The third-order valence-electron chi connectivity index (χ3n) is 11.7. The molecule has 4 aliphatic carbocycles. The van der Waals surface area contributed by atoms with Crippen molar-refractivity contribution in [1.82, 2.24) is 0 Å². The third kappa shape index (κ3) is 2.54. The van der Waals surface area contributed by atoms with Gasteiger partial charge in [0.05, 0.1) is 12.7 Å². The van der Waals surface area contributed by atoms with Gasteiger partial charge in [-0.05, 0) is 91.3 Å². The highest BCUT2D eigenvalue weighted by Crippen LogP contribution is 2.71. The smallest absolute Gasteiger partial charge is 0.171 e. The lowest BCUT2D eigenvalue weighted by Crippen LogP contribution is -2.54. The van der Waals surface area contributed by atoms with Gasteiger partial charge < -0.3 is 9.47 Å². The zero-order valence-electron chi connectivity index (χ0n) is 19.6. The van der Waals surface area contributed by atoms with E-state index in [4.69, 9.17) is 9.47 Å². The molecule has 0 bridgehead atoms. The second-order valence-corrected chi connectivity index (χ2v) is 12.9. The summed E-state index contributed by atoms with van der Waals surface area (Å²) in [7, 11) is 0. The molecule has 0 aromatic carbocycles. The average Bonchev–Trinajstić information content (AvgIpc) is 3.16.